The number of carboxylic acids is 1. The molecule has 3 rings (SSSR count). The smallest absolute Gasteiger partial charge is 0.335 e. The van der Waals surface area contributed by atoms with Gasteiger partial charge in [0.15, 0.2) is 0 Å². The number of methoxy groups -OCH3 is 1. The van der Waals surface area contributed by atoms with Gasteiger partial charge < -0.3 is 14.7 Å². The highest BCUT2D eigenvalue weighted by Gasteiger charge is 2.17. The molecule has 0 saturated heterocycles. The van der Waals surface area contributed by atoms with Crippen LogP contribution < -0.4 is 9.64 Å². The number of amides is 1. The first-order valence-corrected chi connectivity index (χ1v) is 10.8. The van der Waals surface area contributed by atoms with Gasteiger partial charge >= 0.3 is 5.97 Å². The van der Waals surface area contributed by atoms with Gasteiger partial charge in [-0.2, -0.15) is 0 Å². The van der Waals surface area contributed by atoms with Crippen LogP contribution in [0, 0.1) is 6.92 Å². The number of benzene rings is 3. The van der Waals surface area contributed by atoms with Gasteiger partial charge in [0.1, 0.15) is 5.75 Å². The zero-order valence-corrected chi connectivity index (χ0v) is 18.8. The molecule has 3 aromatic rings. The molecule has 0 aliphatic rings. The molecule has 0 aliphatic heterocycles. The monoisotopic (exact) mass is 431 g/mol. The van der Waals surface area contributed by atoms with Crippen molar-refractivity contribution in [3.63, 3.8) is 0 Å². The summed E-state index contributed by atoms with van der Waals surface area (Å²) in [7, 11) is 1.61. The van der Waals surface area contributed by atoms with Crippen LogP contribution in [0.4, 0.5) is 5.69 Å². The Kier molecular flexibility index (Phi) is 7.66. The standard InChI is InChI=1S/C27H29NO4/c1-4-5-12-26(29)28(22-8-6-9-23(17-22)32-3)18-20-13-15-21(16-14-20)24-10-7-11-25(19(24)2)27(30)31/h6-11,13-17H,4-5,12,18H2,1-3H3,(H,30,31). The summed E-state index contributed by atoms with van der Waals surface area (Å²) in [5.41, 5.74) is 4.67. The average Bonchev–Trinajstić information content (AvgIpc) is 2.81. The van der Waals surface area contributed by atoms with Crippen LogP contribution in [0.1, 0.15) is 47.7 Å². The molecule has 0 spiro atoms. The number of aromatic carboxylic acids is 1. The minimum atomic E-state index is -0.930. The van der Waals surface area contributed by atoms with E-state index in [1.54, 1.807) is 24.1 Å². The summed E-state index contributed by atoms with van der Waals surface area (Å²) in [4.78, 5) is 26.2. The van der Waals surface area contributed by atoms with E-state index in [2.05, 4.69) is 6.92 Å². The molecule has 1 amide bonds. The Hall–Kier alpha value is -3.60. The maximum absolute atomic E-state index is 13.0. The molecule has 0 saturated carbocycles. The number of carbonyl (C=O) groups is 2. The van der Waals surface area contributed by atoms with Gasteiger partial charge in [-0.05, 0) is 53.8 Å². The topological polar surface area (TPSA) is 66.8 Å². The van der Waals surface area contributed by atoms with Gasteiger partial charge in [0.25, 0.3) is 0 Å². The highest BCUT2D eigenvalue weighted by molar-refractivity contribution is 5.93. The van der Waals surface area contributed by atoms with Gasteiger partial charge in [-0.25, -0.2) is 4.79 Å². The van der Waals surface area contributed by atoms with E-state index in [9.17, 15) is 14.7 Å². The Bertz CT molecular complexity index is 1090. The maximum atomic E-state index is 13.0. The summed E-state index contributed by atoms with van der Waals surface area (Å²) in [6, 6.07) is 20.8. The first-order valence-electron chi connectivity index (χ1n) is 10.8. The second kappa shape index (κ2) is 10.6. The number of unbranched alkanes of at least 4 members (excludes halogenated alkanes) is 1. The largest absolute Gasteiger partial charge is 0.497 e. The number of rotatable bonds is 9. The third-order valence-electron chi connectivity index (χ3n) is 5.58. The highest BCUT2D eigenvalue weighted by atomic mass is 16.5. The average molecular weight is 432 g/mol. The van der Waals surface area contributed by atoms with Crippen LogP contribution in [-0.2, 0) is 11.3 Å². The molecule has 0 radical (unpaired) electrons. The van der Waals surface area contributed by atoms with E-state index in [0.717, 1.165) is 40.8 Å². The van der Waals surface area contributed by atoms with Gasteiger partial charge in [-0.3, -0.25) is 4.79 Å². The van der Waals surface area contributed by atoms with Crippen LogP contribution in [0.25, 0.3) is 11.1 Å². The normalized spacial score (nSPS) is 10.6. The molecule has 0 unspecified atom stereocenters. The van der Waals surface area contributed by atoms with E-state index in [0.29, 0.717) is 24.3 Å². The van der Waals surface area contributed by atoms with Gasteiger partial charge in [-0.1, -0.05) is 55.8 Å². The number of carboxylic acid groups (broad SMARTS) is 1. The van der Waals surface area contributed by atoms with Crippen molar-refractivity contribution in [2.24, 2.45) is 0 Å². The SMILES string of the molecule is CCCCC(=O)N(Cc1ccc(-c2cccc(C(=O)O)c2C)cc1)c1cccc(OC)c1. The molecule has 3 aromatic carbocycles. The number of nitrogens with zero attached hydrogens (tertiary/aromatic N) is 1. The van der Waals surface area contributed by atoms with Crippen LogP contribution >= 0.6 is 0 Å². The van der Waals surface area contributed by atoms with Gasteiger partial charge in [0.05, 0.1) is 19.2 Å². The molecule has 0 aromatic heterocycles. The summed E-state index contributed by atoms with van der Waals surface area (Å²) in [5.74, 6) is -0.144. The molecule has 166 valence electrons. The minimum Gasteiger partial charge on any atom is -0.497 e. The quantitative estimate of drug-likeness (QED) is 0.445. The van der Waals surface area contributed by atoms with Gasteiger partial charge in [0.2, 0.25) is 5.91 Å². The van der Waals surface area contributed by atoms with E-state index >= 15 is 0 Å². The van der Waals surface area contributed by atoms with E-state index in [-0.39, 0.29) is 5.91 Å². The minimum absolute atomic E-state index is 0.0779. The molecule has 0 aliphatic carbocycles. The van der Waals surface area contributed by atoms with Crippen molar-refractivity contribution in [3.8, 4) is 16.9 Å². The lowest BCUT2D eigenvalue weighted by Gasteiger charge is -2.24. The van der Waals surface area contributed by atoms with Crippen molar-refractivity contribution in [2.45, 2.75) is 39.7 Å². The van der Waals surface area contributed by atoms with E-state index in [4.69, 9.17) is 4.74 Å². The molecule has 0 fully saturated rings. The lowest BCUT2D eigenvalue weighted by atomic mass is 9.96. The number of carbonyl (C=O) groups excluding carboxylic acids is 1. The summed E-state index contributed by atoms with van der Waals surface area (Å²) in [5, 5.41) is 9.39. The molecule has 1 N–H and O–H groups in total. The molecular formula is C27H29NO4. The van der Waals surface area contributed by atoms with Crippen molar-refractivity contribution in [2.75, 3.05) is 12.0 Å². The zero-order chi connectivity index (χ0) is 23.1. The van der Waals surface area contributed by atoms with Crippen LogP contribution in [0.2, 0.25) is 0 Å². The van der Waals surface area contributed by atoms with Crippen molar-refractivity contribution < 1.29 is 19.4 Å². The predicted molar refractivity (Wildman–Crippen MR) is 127 cm³/mol. The Labute approximate surface area is 189 Å². The fourth-order valence-corrected chi connectivity index (χ4v) is 3.72. The van der Waals surface area contributed by atoms with Crippen LogP contribution in [0.3, 0.4) is 0 Å². The van der Waals surface area contributed by atoms with Crippen molar-refractivity contribution in [1.82, 2.24) is 0 Å². The maximum Gasteiger partial charge on any atom is 0.335 e. The number of hydrogen-bond donors (Lipinski definition) is 1. The highest BCUT2D eigenvalue weighted by Crippen LogP contribution is 2.28. The summed E-state index contributed by atoms with van der Waals surface area (Å²) in [6.45, 7) is 4.34. The fourth-order valence-electron chi connectivity index (χ4n) is 3.72. The molecule has 0 heterocycles. The van der Waals surface area contributed by atoms with Crippen molar-refractivity contribution in [3.05, 3.63) is 83.4 Å². The summed E-state index contributed by atoms with van der Waals surface area (Å²) >= 11 is 0. The summed E-state index contributed by atoms with van der Waals surface area (Å²) in [6.07, 6.45) is 2.30. The lowest BCUT2D eigenvalue weighted by Crippen LogP contribution is -2.30. The molecular weight excluding hydrogens is 402 g/mol. The van der Waals surface area contributed by atoms with E-state index in [1.165, 1.54) is 0 Å². The van der Waals surface area contributed by atoms with Gasteiger partial charge in [-0.15, -0.1) is 0 Å². The Balaban J connectivity index is 1.88. The zero-order valence-electron chi connectivity index (χ0n) is 18.8. The van der Waals surface area contributed by atoms with Crippen LogP contribution in [0.5, 0.6) is 5.75 Å². The molecule has 5 heteroatoms. The molecule has 0 atom stereocenters. The Morgan fingerprint density at radius 1 is 1.00 bits per heavy atom. The summed E-state index contributed by atoms with van der Waals surface area (Å²) < 4.78 is 5.34. The van der Waals surface area contributed by atoms with Gasteiger partial charge in [0, 0.05) is 18.2 Å². The Morgan fingerprint density at radius 3 is 2.38 bits per heavy atom. The molecule has 0 bridgehead atoms. The van der Waals surface area contributed by atoms with E-state index < -0.39 is 5.97 Å². The van der Waals surface area contributed by atoms with Crippen LogP contribution in [0.15, 0.2) is 66.7 Å². The second-order valence-electron chi connectivity index (χ2n) is 7.77. The molecule has 32 heavy (non-hydrogen) atoms. The number of anilines is 1. The third-order valence-corrected chi connectivity index (χ3v) is 5.58. The fraction of sp³-hybridized carbons (Fsp3) is 0.259. The van der Waals surface area contributed by atoms with E-state index in [1.807, 2.05) is 61.5 Å². The van der Waals surface area contributed by atoms with Crippen molar-refractivity contribution in [1.29, 1.82) is 0 Å². The van der Waals surface area contributed by atoms with Crippen molar-refractivity contribution >= 4 is 17.6 Å². The Morgan fingerprint density at radius 2 is 1.72 bits per heavy atom. The van der Waals surface area contributed by atoms with Crippen LogP contribution in [-0.4, -0.2) is 24.1 Å². The second-order valence-corrected chi connectivity index (χ2v) is 7.77. The number of hydrogen-bond acceptors (Lipinski definition) is 3. The molecule has 5 nitrogen and oxygen atoms in total. The first-order chi connectivity index (χ1) is 15.4. The first kappa shape index (κ1) is 23.1. The third kappa shape index (κ3) is 5.35. The number of ether oxygens (including phenoxy) is 1. The lowest BCUT2D eigenvalue weighted by molar-refractivity contribution is -0.118. The predicted octanol–water partition coefficient (Wildman–Crippen LogP) is 6.09.